The number of nitrogens with one attached hydrogen (secondary N) is 1. The molecule has 0 fully saturated rings. The summed E-state index contributed by atoms with van der Waals surface area (Å²) in [6, 6.07) is 5.98. The molecular formula is C45H53Cl3N3O6+. The lowest BCUT2D eigenvalue weighted by Gasteiger charge is -2.36. The average molecular weight is 838 g/mol. The third-order valence-corrected chi connectivity index (χ3v) is 13.1. The van der Waals surface area contributed by atoms with Gasteiger partial charge >= 0.3 is 5.97 Å². The van der Waals surface area contributed by atoms with Crippen molar-refractivity contribution < 1.29 is 28.9 Å². The van der Waals surface area contributed by atoms with Gasteiger partial charge in [-0.3, -0.25) is 4.79 Å². The molecule has 0 aromatic heterocycles. The Kier molecular flexibility index (Phi) is 13.0. The molecule has 304 valence electrons. The standard InChI is InChI=1S/C45H52Cl3N3O6/c46-15-5-1-2-8-21-55-23-24-56-22-16-49-44(52)34-27-35(47)37(38(39(34)48)45(53)54)36-32-25-28-11-3-6-17-50-19-9-13-30(40(28)50)42(32)57-43-31-14-10-20-51-18-7-4-12-29(41(31)51)26-33(36)43/h25-27H,1-24H2,(H-,49,52,53,54)/p+1. The summed E-state index contributed by atoms with van der Waals surface area (Å²) in [5, 5.41) is 15.9. The molecular weight excluding hydrogens is 785 g/mol. The minimum absolute atomic E-state index is 0.00810. The van der Waals surface area contributed by atoms with Crippen LogP contribution in [0.4, 0.5) is 5.69 Å². The Labute approximate surface area is 349 Å². The number of hydrogen-bond acceptors (Lipinski definition) is 6. The Morgan fingerprint density at radius 3 is 2.40 bits per heavy atom. The first-order valence-electron chi connectivity index (χ1n) is 21.1. The van der Waals surface area contributed by atoms with E-state index in [4.69, 9.17) is 49.0 Å². The van der Waals surface area contributed by atoms with Gasteiger partial charge in [-0.25, -0.2) is 9.37 Å². The topological polar surface area (TPSA) is 100 Å². The van der Waals surface area contributed by atoms with Crippen molar-refractivity contribution in [3.8, 4) is 11.5 Å². The van der Waals surface area contributed by atoms with Crippen molar-refractivity contribution in [2.45, 2.75) is 89.9 Å². The lowest BCUT2D eigenvalue weighted by molar-refractivity contribution is 0.0468. The fourth-order valence-corrected chi connectivity index (χ4v) is 10.4. The van der Waals surface area contributed by atoms with Gasteiger partial charge in [0.05, 0.1) is 46.6 Å². The van der Waals surface area contributed by atoms with Gasteiger partial charge in [-0.05, 0) is 88.0 Å². The van der Waals surface area contributed by atoms with Crippen LogP contribution in [0.3, 0.4) is 0 Å². The summed E-state index contributed by atoms with van der Waals surface area (Å²) in [6.45, 7) is 6.09. The van der Waals surface area contributed by atoms with E-state index in [0.717, 1.165) is 138 Å². The molecule has 0 radical (unpaired) electrons. The van der Waals surface area contributed by atoms with Gasteiger partial charge in [0.2, 0.25) is 5.36 Å². The molecule has 0 spiro atoms. The minimum atomic E-state index is -1.25. The third kappa shape index (κ3) is 8.16. The van der Waals surface area contributed by atoms with Crippen LogP contribution in [0.25, 0.3) is 5.57 Å². The molecule has 2 N–H and O–H groups in total. The molecule has 8 rings (SSSR count). The molecule has 9 nitrogen and oxygen atoms in total. The van der Waals surface area contributed by atoms with Gasteiger partial charge in [-0.1, -0.05) is 36.0 Å². The first kappa shape index (κ1) is 40.4. The maximum absolute atomic E-state index is 13.6. The van der Waals surface area contributed by atoms with Gasteiger partial charge in [-0.15, -0.1) is 11.6 Å². The highest BCUT2D eigenvalue weighted by atomic mass is 35.5. The number of ether oxygens (including phenoxy) is 3. The summed E-state index contributed by atoms with van der Waals surface area (Å²) in [4.78, 5) is 29.6. The normalized spacial score (nSPS) is 16.8. The number of halogens is 3. The number of carboxylic acid groups (broad SMARTS) is 1. The van der Waals surface area contributed by atoms with Crippen LogP contribution in [0.1, 0.15) is 118 Å². The molecule has 12 heteroatoms. The number of hydrogen-bond donors (Lipinski definition) is 2. The van der Waals surface area contributed by atoms with Crippen LogP contribution in [0.5, 0.6) is 11.5 Å². The van der Waals surface area contributed by atoms with Crippen LogP contribution in [0, 0.1) is 0 Å². The van der Waals surface area contributed by atoms with Gasteiger partial charge < -0.3 is 29.5 Å². The second kappa shape index (κ2) is 18.3. The number of rotatable bonds is 15. The Morgan fingerprint density at radius 1 is 0.807 bits per heavy atom. The highest BCUT2D eigenvalue weighted by Crippen LogP contribution is 2.50. The summed E-state index contributed by atoms with van der Waals surface area (Å²) in [6.07, 6.45) is 14.3. The molecule has 3 aromatic rings. The van der Waals surface area contributed by atoms with Gasteiger partial charge in [0.25, 0.3) is 5.91 Å². The summed E-state index contributed by atoms with van der Waals surface area (Å²) >= 11 is 20.0. The zero-order valence-electron chi connectivity index (χ0n) is 32.7. The maximum Gasteiger partial charge on any atom is 0.337 e. The third-order valence-electron chi connectivity index (χ3n) is 12.2. The highest BCUT2D eigenvalue weighted by Gasteiger charge is 2.37. The van der Waals surface area contributed by atoms with E-state index in [1.807, 2.05) is 0 Å². The zero-order chi connectivity index (χ0) is 39.5. The summed E-state index contributed by atoms with van der Waals surface area (Å²) in [7, 11) is 0. The molecule has 57 heavy (non-hydrogen) atoms. The van der Waals surface area contributed by atoms with Crippen molar-refractivity contribution in [3.63, 3.8) is 0 Å². The fraction of sp³-hybridized carbons (Fsp3) is 0.533. The summed E-state index contributed by atoms with van der Waals surface area (Å²) < 4.78 is 21.0. The average Bonchev–Trinajstić information content (AvgIpc) is 3.55. The maximum atomic E-state index is 13.6. The monoisotopic (exact) mass is 836 g/mol. The molecule has 5 heterocycles. The lowest BCUT2D eigenvalue weighted by atomic mass is 9.82. The highest BCUT2D eigenvalue weighted by molar-refractivity contribution is 6.40. The van der Waals surface area contributed by atoms with E-state index in [0.29, 0.717) is 36.8 Å². The van der Waals surface area contributed by atoms with E-state index in [1.54, 1.807) is 0 Å². The number of aromatic carboxylic acids is 1. The Bertz CT molecular complexity index is 2190. The van der Waals surface area contributed by atoms with Crippen molar-refractivity contribution in [1.82, 2.24) is 9.89 Å². The molecule has 5 aliphatic heterocycles. The molecule has 0 saturated heterocycles. The van der Waals surface area contributed by atoms with Crippen LogP contribution < -0.4 is 30.1 Å². The summed E-state index contributed by atoms with van der Waals surface area (Å²) in [5.41, 5.74) is 7.89. The molecule has 0 saturated carbocycles. The number of aryl methyl sites for hydroxylation is 2. The van der Waals surface area contributed by atoms with Gasteiger partial charge in [0.15, 0.2) is 0 Å². The summed E-state index contributed by atoms with van der Waals surface area (Å²) in [5.74, 6) is 0.513. The fourth-order valence-electron chi connectivity index (χ4n) is 9.64. The van der Waals surface area contributed by atoms with Crippen LogP contribution >= 0.6 is 34.8 Å². The predicted molar refractivity (Wildman–Crippen MR) is 226 cm³/mol. The first-order chi connectivity index (χ1) is 27.9. The van der Waals surface area contributed by atoms with E-state index in [9.17, 15) is 14.7 Å². The zero-order valence-corrected chi connectivity index (χ0v) is 35.0. The number of carbonyl (C=O) groups is 2. The number of carbonyl (C=O) groups excluding carboxylic acids is 1. The van der Waals surface area contributed by atoms with Gasteiger partial charge in [0, 0.05) is 83.7 Å². The van der Waals surface area contributed by atoms with Crippen LogP contribution in [-0.4, -0.2) is 82.0 Å². The molecule has 0 aliphatic carbocycles. The van der Waals surface area contributed by atoms with E-state index in [2.05, 4.69) is 26.9 Å². The molecule has 3 aromatic carbocycles. The number of carboxylic acids is 1. The lowest BCUT2D eigenvalue weighted by Crippen LogP contribution is -2.41. The quantitative estimate of drug-likeness (QED) is 0.0729. The Hall–Kier alpha value is -3.34. The number of nitrogens with zero attached hydrogens (tertiary/aromatic N) is 2. The Balaban J connectivity index is 1.17. The van der Waals surface area contributed by atoms with E-state index < -0.39 is 11.9 Å². The smallest absolute Gasteiger partial charge is 0.337 e. The first-order valence-corrected chi connectivity index (χ1v) is 22.3. The Morgan fingerprint density at radius 2 is 1.56 bits per heavy atom. The molecule has 5 aliphatic rings. The molecule has 0 bridgehead atoms. The van der Waals surface area contributed by atoms with Crippen LogP contribution in [0.15, 0.2) is 18.2 Å². The van der Waals surface area contributed by atoms with E-state index in [-0.39, 0.29) is 34.3 Å². The van der Waals surface area contributed by atoms with Crippen molar-refractivity contribution in [3.05, 3.63) is 83.3 Å². The number of anilines is 1. The predicted octanol–water partition coefficient (Wildman–Crippen LogP) is 7.47. The van der Waals surface area contributed by atoms with Crippen LogP contribution in [-0.2, 0) is 35.2 Å². The molecule has 1 amide bonds. The second-order valence-corrected chi connectivity index (χ2v) is 17.1. The second-order valence-electron chi connectivity index (χ2n) is 15.9. The minimum Gasteiger partial charge on any atom is -0.478 e. The number of amides is 1. The van der Waals surface area contributed by atoms with Gasteiger partial charge in [0.1, 0.15) is 24.6 Å². The molecule has 0 atom stereocenters. The molecule has 0 unspecified atom stereocenters. The van der Waals surface area contributed by atoms with Gasteiger partial charge in [-0.2, -0.15) is 0 Å². The van der Waals surface area contributed by atoms with Crippen molar-refractivity contribution in [2.75, 3.05) is 69.9 Å². The number of unbranched alkanes of at least 4 members (excludes halogenated alkanes) is 3. The number of alkyl halides is 1. The van der Waals surface area contributed by atoms with Crippen molar-refractivity contribution >= 4 is 57.9 Å². The van der Waals surface area contributed by atoms with Crippen molar-refractivity contribution in [2.24, 2.45) is 0 Å². The number of fused-ring (bicyclic) bond motifs is 4. The number of benzene rings is 3. The SMILES string of the molecule is O=C(NCCOCCOCCCCCCCl)c1cc(Cl)c(C2=c3cc4c5c(c3Oc3c2cc2c6c3CCCN6CCCC2)CCC[N+]=5CCCC4)c(C(=O)O)c1Cl. The van der Waals surface area contributed by atoms with Crippen LogP contribution in [0.2, 0.25) is 10.0 Å². The van der Waals surface area contributed by atoms with E-state index >= 15 is 0 Å². The van der Waals surface area contributed by atoms with E-state index in [1.165, 1.54) is 39.4 Å². The van der Waals surface area contributed by atoms with Crippen molar-refractivity contribution in [1.29, 1.82) is 0 Å². The largest absolute Gasteiger partial charge is 0.478 e.